The van der Waals surface area contributed by atoms with Crippen LogP contribution in [-0.2, 0) is 13.2 Å². The van der Waals surface area contributed by atoms with Crippen molar-refractivity contribution in [2.75, 3.05) is 5.32 Å². The quantitative estimate of drug-likeness (QED) is 0.304. The van der Waals surface area contributed by atoms with Crippen LogP contribution in [0.15, 0.2) is 66.7 Å². The van der Waals surface area contributed by atoms with E-state index in [1.807, 2.05) is 26.0 Å². The summed E-state index contributed by atoms with van der Waals surface area (Å²) < 4.78 is 21.1. The predicted molar refractivity (Wildman–Crippen MR) is 132 cm³/mol. The van der Waals surface area contributed by atoms with Crippen LogP contribution in [0.4, 0.5) is 10.1 Å². The highest BCUT2D eigenvalue weighted by Gasteiger charge is 2.16. The van der Waals surface area contributed by atoms with E-state index >= 15 is 0 Å². The number of rotatable bonds is 7. The number of amides is 1. The van der Waals surface area contributed by atoms with Crippen LogP contribution < -0.4 is 10.1 Å². The van der Waals surface area contributed by atoms with Crippen molar-refractivity contribution in [2.24, 2.45) is 0 Å². The summed E-state index contributed by atoms with van der Waals surface area (Å²) in [5, 5.41) is 8.23. The fraction of sp³-hybridized carbons (Fsp3) is 0.154. The Morgan fingerprint density at radius 3 is 2.56 bits per heavy atom. The largest absolute Gasteiger partial charge is 0.487 e. The van der Waals surface area contributed by atoms with Crippen LogP contribution in [0, 0.1) is 19.7 Å². The van der Waals surface area contributed by atoms with Crippen molar-refractivity contribution in [2.45, 2.75) is 27.0 Å². The summed E-state index contributed by atoms with van der Waals surface area (Å²) in [5.41, 5.74) is 4.17. The molecule has 34 heavy (non-hydrogen) atoms. The molecule has 1 aromatic heterocycles. The second-order valence-corrected chi connectivity index (χ2v) is 8.61. The minimum Gasteiger partial charge on any atom is -0.487 e. The van der Waals surface area contributed by atoms with Gasteiger partial charge in [0.2, 0.25) is 0 Å². The number of anilines is 1. The van der Waals surface area contributed by atoms with Gasteiger partial charge >= 0.3 is 0 Å². The molecule has 1 N–H and O–H groups in total. The number of carbonyl (C=O) groups is 1. The molecule has 0 saturated carbocycles. The van der Waals surface area contributed by atoms with E-state index in [2.05, 4.69) is 10.4 Å². The number of aryl methyl sites for hydroxylation is 1. The SMILES string of the molecule is Cc1nn(Cc2cccc(F)c2)c(C)c1NC(=O)c1cccc(COc2cccc(Cl)c2Cl)c1. The maximum Gasteiger partial charge on any atom is 0.255 e. The van der Waals surface area contributed by atoms with Crippen LogP contribution >= 0.6 is 23.2 Å². The van der Waals surface area contributed by atoms with E-state index in [4.69, 9.17) is 27.9 Å². The van der Waals surface area contributed by atoms with Gasteiger partial charge in [-0.05, 0) is 61.4 Å². The number of aromatic nitrogens is 2. The Balaban J connectivity index is 1.47. The van der Waals surface area contributed by atoms with E-state index < -0.39 is 0 Å². The van der Waals surface area contributed by atoms with Crippen molar-refractivity contribution in [1.29, 1.82) is 0 Å². The van der Waals surface area contributed by atoms with Gasteiger partial charge in [0.25, 0.3) is 5.91 Å². The van der Waals surface area contributed by atoms with Crippen LogP contribution in [0.3, 0.4) is 0 Å². The minimum absolute atomic E-state index is 0.227. The topological polar surface area (TPSA) is 56.2 Å². The van der Waals surface area contributed by atoms with Gasteiger partial charge in [0.05, 0.1) is 28.6 Å². The molecule has 4 aromatic rings. The number of halogens is 3. The second kappa shape index (κ2) is 10.3. The molecule has 0 spiro atoms. The Morgan fingerprint density at radius 1 is 1.03 bits per heavy atom. The summed E-state index contributed by atoms with van der Waals surface area (Å²) in [4.78, 5) is 13.0. The van der Waals surface area contributed by atoms with Gasteiger partial charge < -0.3 is 10.1 Å². The van der Waals surface area contributed by atoms with Crippen LogP contribution in [0.25, 0.3) is 0 Å². The molecule has 174 valence electrons. The number of hydrogen-bond donors (Lipinski definition) is 1. The average Bonchev–Trinajstić information content (AvgIpc) is 3.07. The van der Waals surface area contributed by atoms with Crippen molar-refractivity contribution in [1.82, 2.24) is 9.78 Å². The van der Waals surface area contributed by atoms with Crippen LogP contribution in [0.1, 0.15) is 32.9 Å². The van der Waals surface area contributed by atoms with Gasteiger partial charge in [-0.1, -0.05) is 53.5 Å². The average molecular weight is 498 g/mol. The smallest absolute Gasteiger partial charge is 0.255 e. The predicted octanol–water partition coefficient (Wildman–Crippen LogP) is 6.83. The molecule has 5 nitrogen and oxygen atoms in total. The number of benzene rings is 3. The molecule has 0 atom stereocenters. The standard InChI is InChI=1S/C26H22Cl2FN3O2/c1-16-25(17(2)32(31-16)14-18-6-4-9-21(29)13-18)30-26(33)20-8-3-7-19(12-20)15-34-23-11-5-10-22(27)24(23)28/h3-13H,14-15H2,1-2H3,(H,30,33). The molecule has 0 unspecified atom stereocenters. The molecule has 4 rings (SSSR count). The van der Waals surface area contributed by atoms with Crippen LogP contribution in [0.5, 0.6) is 5.75 Å². The number of carbonyl (C=O) groups excluding carboxylic acids is 1. The molecule has 1 amide bonds. The molecule has 0 saturated heterocycles. The molecule has 0 aliphatic rings. The lowest BCUT2D eigenvalue weighted by molar-refractivity contribution is 0.102. The third-order valence-electron chi connectivity index (χ3n) is 5.34. The molecule has 0 radical (unpaired) electrons. The van der Waals surface area contributed by atoms with Crippen molar-refractivity contribution in [3.63, 3.8) is 0 Å². The second-order valence-electron chi connectivity index (χ2n) is 7.83. The highest BCUT2D eigenvalue weighted by Crippen LogP contribution is 2.32. The Labute approximate surface area is 207 Å². The lowest BCUT2D eigenvalue weighted by Crippen LogP contribution is -2.14. The highest BCUT2D eigenvalue weighted by molar-refractivity contribution is 6.42. The monoisotopic (exact) mass is 497 g/mol. The van der Waals surface area contributed by atoms with E-state index in [-0.39, 0.29) is 18.3 Å². The Morgan fingerprint density at radius 2 is 1.76 bits per heavy atom. The van der Waals surface area contributed by atoms with Gasteiger partial charge in [-0.15, -0.1) is 0 Å². The first kappa shape index (κ1) is 23.8. The zero-order valence-corrected chi connectivity index (χ0v) is 20.1. The number of nitrogens with one attached hydrogen (secondary N) is 1. The van der Waals surface area contributed by atoms with E-state index in [0.717, 1.165) is 16.8 Å². The lowest BCUT2D eigenvalue weighted by Gasteiger charge is -2.11. The van der Waals surface area contributed by atoms with E-state index in [1.54, 1.807) is 47.1 Å². The van der Waals surface area contributed by atoms with Crippen molar-refractivity contribution in [3.05, 3.63) is 111 Å². The molecular weight excluding hydrogens is 476 g/mol. The summed E-state index contributed by atoms with van der Waals surface area (Å²) in [5.74, 6) is -0.0887. The van der Waals surface area contributed by atoms with Gasteiger partial charge in [0.15, 0.2) is 0 Å². The van der Waals surface area contributed by atoms with Crippen LogP contribution in [0.2, 0.25) is 10.0 Å². The molecule has 0 bridgehead atoms. The minimum atomic E-state index is -0.297. The molecular formula is C26H22Cl2FN3O2. The van der Waals surface area contributed by atoms with Crippen LogP contribution in [-0.4, -0.2) is 15.7 Å². The molecule has 0 aliphatic carbocycles. The molecule has 3 aromatic carbocycles. The number of hydrogen-bond acceptors (Lipinski definition) is 3. The molecule has 0 fully saturated rings. The van der Waals surface area contributed by atoms with Gasteiger partial charge in [-0.2, -0.15) is 5.10 Å². The molecule has 8 heteroatoms. The van der Waals surface area contributed by atoms with Gasteiger partial charge in [0, 0.05) is 5.56 Å². The lowest BCUT2D eigenvalue weighted by atomic mass is 10.1. The zero-order chi connectivity index (χ0) is 24.2. The first-order valence-electron chi connectivity index (χ1n) is 10.6. The van der Waals surface area contributed by atoms with Gasteiger partial charge in [-0.25, -0.2) is 4.39 Å². The number of nitrogens with zero attached hydrogens (tertiary/aromatic N) is 2. The highest BCUT2D eigenvalue weighted by atomic mass is 35.5. The summed E-state index contributed by atoms with van der Waals surface area (Å²) in [6, 6.07) is 18.7. The fourth-order valence-electron chi connectivity index (χ4n) is 3.58. The van der Waals surface area contributed by atoms with Crippen molar-refractivity contribution >= 4 is 34.8 Å². The van der Waals surface area contributed by atoms with Gasteiger partial charge in [-0.3, -0.25) is 9.48 Å². The first-order chi connectivity index (χ1) is 16.3. The van der Waals surface area contributed by atoms with E-state index in [9.17, 15) is 9.18 Å². The maximum atomic E-state index is 13.5. The van der Waals surface area contributed by atoms with E-state index in [1.165, 1.54) is 12.1 Å². The van der Waals surface area contributed by atoms with Crippen molar-refractivity contribution < 1.29 is 13.9 Å². The summed E-state index contributed by atoms with van der Waals surface area (Å²) in [6.07, 6.45) is 0. The third kappa shape index (κ3) is 5.41. The third-order valence-corrected chi connectivity index (χ3v) is 6.14. The maximum absolute atomic E-state index is 13.5. The Kier molecular flexibility index (Phi) is 7.20. The first-order valence-corrected chi connectivity index (χ1v) is 11.3. The zero-order valence-electron chi connectivity index (χ0n) is 18.6. The van der Waals surface area contributed by atoms with Gasteiger partial charge in [0.1, 0.15) is 23.2 Å². The summed E-state index contributed by atoms with van der Waals surface area (Å²) in [7, 11) is 0. The van der Waals surface area contributed by atoms with E-state index in [0.29, 0.717) is 39.3 Å². The van der Waals surface area contributed by atoms with Crippen molar-refractivity contribution in [3.8, 4) is 5.75 Å². The summed E-state index contributed by atoms with van der Waals surface area (Å²) in [6.45, 7) is 4.32. The Bertz CT molecular complexity index is 1350. The number of ether oxygens (including phenoxy) is 1. The molecule has 1 heterocycles. The normalized spacial score (nSPS) is 10.9. The summed E-state index contributed by atoms with van der Waals surface area (Å²) >= 11 is 12.2. The Hall–Kier alpha value is -3.35. The molecule has 0 aliphatic heterocycles. The fourth-order valence-corrected chi connectivity index (χ4v) is 3.93.